The highest BCUT2D eigenvalue weighted by Crippen LogP contribution is 2.04. The lowest BCUT2D eigenvalue weighted by molar-refractivity contribution is -0.141. The predicted octanol–water partition coefficient (Wildman–Crippen LogP) is -7.71. The maximum absolute atomic E-state index is 11.6. The van der Waals surface area contributed by atoms with Gasteiger partial charge >= 0.3 is 0 Å². The van der Waals surface area contributed by atoms with Gasteiger partial charge in [-0.15, -0.1) is 0 Å². The minimum atomic E-state index is -1.82. The van der Waals surface area contributed by atoms with Crippen LogP contribution in [0.25, 0.3) is 0 Å². The molecule has 190 valence electrons. The van der Waals surface area contributed by atoms with Crippen LogP contribution >= 0.6 is 0 Å². The van der Waals surface area contributed by atoms with Crippen LogP contribution in [0.3, 0.4) is 0 Å². The first-order chi connectivity index (χ1) is 13.2. The molecule has 0 aromatic heterocycles. The van der Waals surface area contributed by atoms with Gasteiger partial charge < -0.3 is 68.1 Å². The zero-order valence-corrected chi connectivity index (χ0v) is 17.2. The van der Waals surface area contributed by atoms with Gasteiger partial charge in [-0.05, 0) is 6.42 Å². The fraction of sp³-hybridized carbons (Fsp3) is 0.875. The van der Waals surface area contributed by atoms with Gasteiger partial charge in [-0.1, -0.05) is 0 Å². The first-order valence-corrected chi connectivity index (χ1v) is 9.10. The third kappa shape index (κ3) is 17.8. The molecule has 31 heavy (non-hydrogen) atoms. The Morgan fingerprint density at radius 3 is 1.84 bits per heavy atom. The Balaban J connectivity index is -0.00000121. The number of rotatable bonds is 16. The van der Waals surface area contributed by atoms with Crippen molar-refractivity contribution in [3.8, 4) is 0 Å². The van der Waals surface area contributed by atoms with Gasteiger partial charge in [-0.3, -0.25) is 9.59 Å². The average Bonchev–Trinajstić information content (AvgIpc) is 2.65. The lowest BCUT2D eigenvalue weighted by atomic mass is 10.1. The van der Waals surface area contributed by atoms with E-state index in [9.17, 15) is 30.0 Å². The Hall–Kier alpha value is -1.50. The number of hydrogen-bond acceptors (Lipinski definition) is 10. The van der Waals surface area contributed by atoms with Gasteiger partial charge in [-0.2, -0.15) is 0 Å². The van der Waals surface area contributed by atoms with Gasteiger partial charge in [0, 0.05) is 39.2 Å². The van der Waals surface area contributed by atoms with Crippen molar-refractivity contribution in [1.82, 2.24) is 16.0 Å². The van der Waals surface area contributed by atoms with E-state index >= 15 is 0 Å². The molecule has 15 heteroatoms. The molecule has 15 nitrogen and oxygen atoms in total. The summed E-state index contributed by atoms with van der Waals surface area (Å²) >= 11 is 0. The second-order valence-corrected chi connectivity index (χ2v) is 6.34. The summed E-state index contributed by atoms with van der Waals surface area (Å²) in [5, 5.41) is 72.4. The molecule has 0 aliphatic heterocycles. The summed E-state index contributed by atoms with van der Waals surface area (Å²) in [5.41, 5.74) is 0. The van der Waals surface area contributed by atoms with Crippen LogP contribution in [-0.4, -0.2) is 134 Å². The fourth-order valence-electron chi connectivity index (χ4n) is 2.22. The highest BCUT2D eigenvalue weighted by molar-refractivity contribution is 5.81. The standard InChI is InChI=1S/C16H33N3O9.3H2O/c20-6-1-12(24)14(26)15(27)16(28)19-5-3-17-2-4-18-13(25)8-10(22)7-11(23)9-21;;;/h10-12,14-15,17,20-24,26-27H,1-9H2,(H,18,25)(H,19,28);3*1H2/t10-,11+,12-,14+,15-;;;/m1.../s1. The molecule has 0 unspecified atom stereocenters. The molecule has 0 aromatic carbocycles. The number of carbonyl (C=O) groups excluding carboxylic acids is 2. The molecule has 16 N–H and O–H groups in total. The van der Waals surface area contributed by atoms with Crippen molar-refractivity contribution in [3.63, 3.8) is 0 Å². The van der Waals surface area contributed by atoms with Gasteiger partial charge in [0.05, 0.1) is 31.3 Å². The molecule has 0 aliphatic rings. The van der Waals surface area contributed by atoms with Crippen molar-refractivity contribution in [1.29, 1.82) is 0 Å². The van der Waals surface area contributed by atoms with Crippen LogP contribution in [0.1, 0.15) is 19.3 Å². The van der Waals surface area contributed by atoms with Crippen LogP contribution in [0.5, 0.6) is 0 Å². The van der Waals surface area contributed by atoms with E-state index in [2.05, 4.69) is 16.0 Å². The number of aliphatic hydroxyl groups excluding tert-OH is 7. The Bertz CT molecular complexity index is 446. The lowest BCUT2D eigenvalue weighted by Gasteiger charge is -2.21. The normalized spacial score (nSPS) is 15.1. The van der Waals surface area contributed by atoms with Crippen molar-refractivity contribution in [2.24, 2.45) is 0 Å². The number of hydrogen-bond donors (Lipinski definition) is 10. The van der Waals surface area contributed by atoms with Crippen LogP contribution in [0.2, 0.25) is 0 Å². The van der Waals surface area contributed by atoms with E-state index in [0.29, 0.717) is 13.1 Å². The van der Waals surface area contributed by atoms with Crippen LogP contribution in [0.4, 0.5) is 0 Å². The van der Waals surface area contributed by atoms with Crippen LogP contribution < -0.4 is 16.0 Å². The second-order valence-electron chi connectivity index (χ2n) is 6.34. The Labute approximate surface area is 179 Å². The van der Waals surface area contributed by atoms with E-state index in [0.717, 1.165) is 0 Å². The molecule has 2 amide bonds. The average molecular weight is 465 g/mol. The highest BCUT2D eigenvalue weighted by atomic mass is 16.4. The van der Waals surface area contributed by atoms with Gasteiger partial charge in [0.2, 0.25) is 5.91 Å². The minimum absolute atomic E-state index is 0. The number of aliphatic hydroxyl groups is 7. The number of nitrogens with one attached hydrogen (secondary N) is 3. The molecular formula is C16H39N3O12. The molecule has 0 heterocycles. The van der Waals surface area contributed by atoms with E-state index in [-0.39, 0.29) is 48.8 Å². The van der Waals surface area contributed by atoms with E-state index in [1.54, 1.807) is 0 Å². The second kappa shape index (κ2) is 21.7. The fourth-order valence-corrected chi connectivity index (χ4v) is 2.22. The van der Waals surface area contributed by atoms with Crippen LogP contribution in [0, 0.1) is 0 Å². The van der Waals surface area contributed by atoms with Crippen molar-refractivity contribution in [3.05, 3.63) is 0 Å². The molecule has 0 rings (SSSR count). The van der Waals surface area contributed by atoms with Crippen molar-refractivity contribution < 1.29 is 61.8 Å². The quantitative estimate of drug-likeness (QED) is 0.0959. The summed E-state index contributed by atoms with van der Waals surface area (Å²) in [6.07, 6.45) is -7.54. The zero-order valence-electron chi connectivity index (χ0n) is 17.2. The zero-order chi connectivity index (χ0) is 21.5. The molecule has 5 atom stereocenters. The molecular weight excluding hydrogens is 426 g/mol. The van der Waals surface area contributed by atoms with E-state index in [1.807, 2.05) is 0 Å². The van der Waals surface area contributed by atoms with Gasteiger partial charge in [0.15, 0.2) is 6.10 Å². The van der Waals surface area contributed by atoms with Crippen LogP contribution in [0.15, 0.2) is 0 Å². The third-order valence-corrected chi connectivity index (χ3v) is 3.81. The highest BCUT2D eigenvalue weighted by Gasteiger charge is 2.29. The summed E-state index contributed by atoms with van der Waals surface area (Å²) in [7, 11) is 0. The number of amides is 2. The minimum Gasteiger partial charge on any atom is -0.412 e. The van der Waals surface area contributed by atoms with E-state index in [1.165, 1.54) is 0 Å². The van der Waals surface area contributed by atoms with Crippen molar-refractivity contribution in [2.75, 3.05) is 39.4 Å². The molecule has 0 aliphatic carbocycles. The molecule has 0 saturated carbocycles. The maximum atomic E-state index is 11.6. The summed E-state index contributed by atoms with van der Waals surface area (Å²) in [6.45, 7) is 0.197. The van der Waals surface area contributed by atoms with Gasteiger partial charge in [0.25, 0.3) is 5.91 Å². The van der Waals surface area contributed by atoms with Crippen LogP contribution in [-0.2, 0) is 9.59 Å². The Morgan fingerprint density at radius 1 is 0.774 bits per heavy atom. The van der Waals surface area contributed by atoms with E-state index < -0.39 is 55.5 Å². The summed E-state index contributed by atoms with van der Waals surface area (Å²) < 4.78 is 0. The SMILES string of the molecule is O.O.O.O=C(C[C@H](O)C[C@H](O)CO)NCCNCCNC(=O)[C@H](O)[C@@H](O)[C@H](O)CCO. The van der Waals surface area contributed by atoms with E-state index in [4.69, 9.17) is 15.3 Å². The molecule has 0 aromatic rings. The maximum Gasteiger partial charge on any atom is 0.251 e. The monoisotopic (exact) mass is 465 g/mol. The Morgan fingerprint density at radius 2 is 1.32 bits per heavy atom. The smallest absolute Gasteiger partial charge is 0.251 e. The molecule has 0 radical (unpaired) electrons. The summed E-state index contributed by atoms with van der Waals surface area (Å²) in [6, 6.07) is 0. The first-order valence-electron chi connectivity index (χ1n) is 9.10. The molecule has 0 spiro atoms. The first kappa shape index (κ1) is 36.8. The topological polar surface area (TPSA) is 306 Å². The molecule has 0 bridgehead atoms. The van der Waals surface area contributed by atoms with Crippen molar-refractivity contribution >= 4 is 11.8 Å². The molecule has 0 saturated heterocycles. The molecule has 0 fully saturated rings. The predicted molar refractivity (Wildman–Crippen MR) is 108 cm³/mol. The summed E-state index contributed by atoms with van der Waals surface area (Å²) in [4.78, 5) is 23.2. The lowest BCUT2D eigenvalue weighted by Crippen LogP contribution is -2.48. The van der Waals surface area contributed by atoms with Gasteiger partial charge in [-0.25, -0.2) is 0 Å². The number of carbonyl (C=O) groups is 2. The third-order valence-electron chi connectivity index (χ3n) is 3.81. The summed E-state index contributed by atoms with van der Waals surface area (Å²) in [5.74, 6) is -1.27. The largest absolute Gasteiger partial charge is 0.412 e. The van der Waals surface area contributed by atoms with Crippen molar-refractivity contribution in [2.45, 2.75) is 49.8 Å². The van der Waals surface area contributed by atoms with Gasteiger partial charge in [0.1, 0.15) is 6.10 Å². The Kier molecular flexibility index (Phi) is 25.8.